The summed E-state index contributed by atoms with van der Waals surface area (Å²) < 4.78 is 0. The van der Waals surface area contributed by atoms with Gasteiger partial charge < -0.3 is 101 Å². The van der Waals surface area contributed by atoms with Gasteiger partial charge >= 0.3 is 0 Å². The molecule has 4 aliphatic heterocycles. The van der Waals surface area contributed by atoms with Gasteiger partial charge in [0.25, 0.3) is 0 Å². The summed E-state index contributed by atoms with van der Waals surface area (Å²) in [6.07, 6.45) is 4.67. The standard InChI is InChI=1S/C93H147N19O18S2/c1-14-55(9)77(91(128)105-70(43-52(3)4)85(122)101-65(46-113)47-114)109-87(124)72(45-60-31-37-66(115)38-32-60)104-81(118)58(12)100-88(125)74-51-132-49-62-29-35-64(36-30-62)63-33-27-61(28-34-63)48-131-50-73(98-57(11)79(116)80(117)75-26-22-42-112(75)93(130)69(111-97)25-18-21-41-96)89(126)108-76(54(7)8)90(127)110-78(56(10)15-2)92(129)106-71(44-53(5)6)86(123)103-68(24-17-20-40-95)84(121)102-67(23-16-19-39-94)83(120)99-59(13)82(119)107-74/h27-38,46,52-59,65,67-78,98,111,114-115H,14-26,39-45,47-51,94-97H2,1-13H3,(H,99,120)(H,100,125)(H,101,122)(H,102,121)(H,103,123)(H,104,118)(H,105,128)(H,106,129)(H,107,119)(H,108,126)(H,109,124)(H,110,127)/t55-,56-,57-,58?,59?,65?,67-,68?,69-,70-,71-,72-,73?,74?,75-,76-,77-,78-/m0/s1. The van der Waals surface area contributed by atoms with Gasteiger partial charge in [0.05, 0.1) is 30.8 Å². The monoisotopic (exact) mass is 1880 g/mol. The Bertz CT molecular complexity index is 4270. The van der Waals surface area contributed by atoms with Crippen LogP contribution in [-0.4, -0.2) is 251 Å². The average Bonchev–Trinajstić information content (AvgIpc) is 1.60. The lowest BCUT2D eigenvalue weighted by Gasteiger charge is -2.31. The number of carbonyl (C=O) groups is 16. The predicted octanol–water partition coefficient (Wildman–Crippen LogP) is 1.37. The molecule has 37 nitrogen and oxygen atoms in total. The summed E-state index contributed by atoms with van der Waals surface area (Å²) in [5, 5.41) is 55.8. The second-order valence-electron chi connectivity index (χ2n) is 35.7. The minimum absolute atomic E-state index is 0.000407. The fourth-order valence-electron chi connectivity index (χ4n) is 15.1. The van der Waals surface area contributed by atoms with Gasteiger partial charge in [-0.05, 0) is 187 Å². The van der Waals surface area contributed by atoms with Gasteiger partial charge in [-0.3, -0.25) is 83.1 Å². The fourth-order valence-corrected chi connectivity index (χ4v) is 17.2. The van der Waals surface area contributed by atoms with Crippen LogP contribution in [0.4, 0.5) is 0 Å². The Hall–Kier alpha value is -10.00. The summed E-state index contributed by atoms with van der Waals surface area (Å²) in [6, 6.07) is 0.435. The van der Waals surface area contributed by atoms with Crippen LogP contribution in [0, 0.1) is 29.6 Å². The molecule has 0 saturated carbocycles. The highest BCUT2D eigenvalue weighted by Crippen LogP contribution is 2.27. The molecule has 13 amide bonds. The number of aldehydes is 1. The van der Waals surface area contributed by atoms with Gasteiger partial charge in [-0.15, -0.1) is 0 Å². The first-order chi connectivity index (χ1) is 62.8. The number of ketones is 2. The van der Waals surface area contributed by atoms with Crippen molar-refractivity contribution in [1.82, 2.24) is 79.4 Å². The van der Waals surface area contributed by atoms with E-state index in [1.807, 2.05) is 62.4 Å². The zero-order chi connectivity index (χ0) is 98.0. The Balaban J connectivity index is 1.55. The molecule has 734 valence electrons. The number of nitrogens with zero attached hydrogens (tertiary/aromatic N) is 1. The Labute approximate surface area is 784 Å². The zero-order valence-corrected chi connectivity index (χ0v) is 80.4. The van der Waals surface area contributed by atoms with Crippen molar-refractivity contribution in [2.75, 3.05) is 44.3 Å². The topological polar surface area (TPSA) is 589 Å². The molecule has 132 heavy (non-hydrogen) atoms. The van der Waals surface area contributed by atoms with Crippen LogP contribution in [0.15, 0.2) is 72.8 Å². The number of unbranched alkanes of at least 4 members (excludes halogenated alkanes) is 3. The third-order valence-electron chi connectivity index (χ3n) is 23.5. The lowest BCUT2D eigenvalue weighted by Crippen LogP contribution is -2.62. The molecule has 1 fully saturated rings. The number of fused-ring (bicyclic) bond motifs is 2. The number of aliphatic hydroxyl groups excluding tert-OH is 1. The number of rotatable bonds is 42. The molecule has 39 heteroatoms. The van der Waals surface area contributed by atoms with Crippen molar-refractivity contribution >= 4 is 118 Å². The quantitative estimate of drug-likeness (QED) is 0.0125. The van der Waals surface area contributed by atoms with Crippen molar-refractivity contribution in [1.29, 1.82) is 0 Å². The van der Waals surface area contributed by atoms with E-state index in [2.05, 4.69) is 74.5 Å². The first-order valence-electron chi connectivity index (χ1n) is 46.3. The number of aromatic hydroxyl groups is 1. The molecule has 0 spiro atoms. The van der Waals surface area contributed by atoms with Gasteiger partial charge in [0.15, 0.2) is 0 Å². The van der Waals surface area contributed by atoms with Crippen LogP contribution >= 0.6 is 23.5 Å². The SMILES string of the molecule is CC[C@H](C)[C@H](NC(=O)[C@H](Cc1ccc(O)cc1)NC(=O)C(C)NC(=O)C1CSCc2ccc(cc2)-c2ccc(cc2)CSCC(N[C@@H](C)C(=O)C(=O)[C@@H]2CCCN2C(=O)[C@H](CCCCN)NN)C(=O)N[C@@H](C(C)C)C(=O)N[C@@H]([C@@H](C)CC)C(=O)N[C@@H](CC(C)C)C(=O)NC(CCCCN)C(=O)N[C@@H](CCCCN)C(=O)NC(C)C(=O)N1)C(=O)N[C@@H](CC(C)C)C(=O)NC(C=O)CO. The van der Waals surface area contributed by atoms with Crippen molar-refractivity contribution in [3.8, 4) is 16.9 Å². The third-order valence-corrected chi connectivity index (χ3v) is 25.8. The van der Waals surface area contributed by atoms with Gasteiger partial charge in [0.1, 0.15) is 84.5 Å². The largest absolute Gasteiger partial charge is 0.508 e. The van der Waals surface area contributed by atoms with E-state index in [0.29, 0.717) is 88.4 Å². The highest BCUT2D eigenvalue weighted by atomic mass is 32.2. The smallest absolute Gasteiger partial charge is 0.244 e. The number of likely N-dealkylation sites (tertiary alicyclic amines) is 1. The molecule has 4 bridgehead atoms. The summed E-state index contributed by atoms with van der Waals surface area (Å²) in [5.74, 6) is -7.70. The number of phenolic OH excluding ortho intramolecular Hbond substituents is 1. The van der Waals surface area contributed by atoms with E-state index in [4.69, 9.17) is 23.0 Å². The van der Waals surface area contributed by atoms with Crippen LogP contribution in [0.1, 0.15) is 203 Å². The fraction of sp³-hybridized carbons (Fsp3) is 0.634. The van der Waals surface area contributed by atoms with E-state index in [1.54, 1.807) is 55.4 Å². The van der Waals surface area contributed by atoms with Crippen molar-refractivity contribution in [3.05, 3.63) is 89.5 Å². The van der Waals surface area contributed by atoms with Crippen LogP contribution < -0.4 is 97.6 Å². The van der Waals surface area contributed by atoms with Crippen molar-refractivity contribution in [2.45, 2.75) is 301 Å². The first kappa shape index (κ1) is 113. The number of phenols is 1. The molecule has 0 aromatic heterocycles. The number of hydrogen-bond acceptors (Lipinski definition) is 26. The predicted molar refractivity (Wildman–Crippen MR) is 507 cm³/mol. The maximum atomic E-state index is 15.0. The highest BCUT2D eigenvalue weighted by molar-refractivity contribution is 7.98. The second kappa shape index (κ2) is 58.2. The number of thioether (sulfide) groups is 2. The number of nitrogens with one attached hydrogen (secondary N) is 14. The van der Waals surface area contributed by atoms with E-state index in [1.165, 1.54) is 73.5 Å². The summed E-state index contributed by atoms with van der Waals surface area (Å²) in [6.45, 7) is 22.1. The van der Waals surface area contributed by atoms with E-state index in [9.17, 15) is 82.1 Å². The number of nitrogens with two attached hydrogens (primary N) is 4. The molecule has 3 aromatic rings. The Kier molecular flexibility index (Phi) is 49.6. The number of carbonyl (C=O) groups excluding carboxylic acids is 16. The van der Waals surface area contributed by atoms with Crippen LogP contribution in [0.25, 0.3) is 11.1 Å². The van der Waals surface area contributed by atoms with Crippen LogP contribution in [0.2, 0.25) is 0 Å². The Morgan fingerprint density at radius 2 is 1.08 bits per heavy atom. The van der Waals surface area contributed by atoms with Gasteiger partial charge in [0, 0.05) is 36.0 Å². The molecule has 4 heterocycles. The number of amides is 13. The normalized spacial score (nSPS) is 21.8. The van der Waals surface area contributed by atoms with Crippen molar-refractivity contribution in [3.63, 3.8) is 0 Å². The maximum Gasteiger partial charge on any atom is 0.244 e. The lowest BCUT2D eigenvalue weighted by molar-refractivity contribution is -0.145. The number of hydrazine groups is 1. The van der Waals surface area contributed by atoms with E-state index in [0.717, 1.165) is 22.3 Å². The molecule has 4 aliphatic rings. The molecule has 6 unspecified atom stereocenters. The number of aliphatic hydroxyl groups is 1. The van der Waals surface area contributed by atoms with Gasteiger partial charge in [-0.25, -0.2) is 5.43 Å². The molecule has 3 aromatic carbocycles. The maximum absolute atomic E-state index is 15.0. The zero-order valence-electron chi connectivity index (χ0n) is 78.8. The van der Waals surface area contributed by atoms with Crippen molar-refractivity contribution in [2.24, 2.45) is 52.6 Å². The number of benzene rings is 3. The average molecular weight is 1880 g/mol. The van der Waals surface area contributed by atoms with E-state index < -0.39 is 209 Å². The van der Waals surface area contributed by atoms with Crippen LogP contribution in [0.3, 0.4) is 0 Å². The molecule has 0 radical (unpaired) electrons. The molecule has 18 atom stereocenters. The second-order valence-corrected chi connectivity index (χ2v) is 37.8. The molecular weight excluding hydrogens is 1740 g/mol. The van der Waals surface area contributed by atoms with Gasteiger partial charge in [-0.2, -0.15) is 23.5 Å². The summed E-state index contributed by atoms with van der Waals surface area (Å²) >= 11 is 2.57. The summed E-state index contributed by atoms with van der Waals surface area (Å²) in [7, 11) is 0. The van der Waals surface area contributed by atoms with Crippen LogP contribution in [-0.2, 0) is 94.6 Å². The summed E-state index contributed by atoms with van der Waals surface area (Å²) in [5.41, 5.74) is 23.9. The van der Waals surface area contributed by atoms with E-state index >= 15 is 4.79 Å². The lowest BCUT2D eigenvalue weighted by atomic mass is 9.95. The number of Topliss-reactive ketones (excluding diaryl/α,β-unsaturated/α-hetero) is 2. The molecule has 24 N–H and O–H groups in total. The molecule has 1 saturated heterocycles. The number of hydrogen-bond donors (Lipinski definition) is 20. The van der Waals surface area contributed by atoms with Gasteiger partial charge in [-0.1, -0.05) is 149 Å². The molecular formula is C93H147N19O18S2. The molecule has 7 rings (SSSR count). The minimum Gasteiger partial charge on any atom is -0.508 e. The summed E-state index contributed by atoms with van der Waals surface area (Å²) in [4.78, 5) is 231. The minimum atomic E-state index is -1.46. The molecule has 0 aliphatic carbocycles. The van der Waals surface area contributed by atoms with Gasteiger partial charge in [0.2, 0.25) is 88.4 Å². The Morgan fingerprint density at radius 3 is 1.61 bits per heavy atom. The highest BCUT2D eigenvalue weighted by Gasteiger charge is 2.44. The Morgan fingerprint density at radius 1 is 0.545 bits per heavy atom. The first-order valence-corrected chi connectivity index (χ1v) is 48.6. The van der Waals surface area contributed by atoms with Crippen LogP contribution in [0.5, 0.6) is 5.75 Å². The van der Waals surface area contributed by atoms with E-state index in [-0.39, 0.29) is 93.0 Å². The van der Waals surface area contributed by atoms with Crippen molar-refractivity contribution < 1.29 is 86.9 Å². The third kappa shape index (κ3) is 36.8.